The van der Waals surface area contributed by atoms with E-state index in [0.29, 0.717) is 18.3 Å². The summed E-state index contributed by atoms with van der Waals surface area (Å²) in [4.78, 5) is 18.4. The van der Waals surface area contributed by atoms with Gasteiger partial charge in [0.25, 0.3) is 5.91 Å². The second-order valence-electron chi connectivity index (χ2n) is 8.07. The summed E-state index contributed by atoms with van der Waals surface area (Å²) in [6.07, 6.45) is 6.79. The van der Waals surface area contributed by atoms with E-state index in [-0.39, 0.29) is 17.3 Å². The van der Waals surface area contributed by atoms with E-state index in [1.54, 1.807) is 6.21 Å². The monoisotopic (exact) mass is 448 g/mol. The van der Waals surface area contributed by atoms with Crippen LogP contribution in [0, 0.1) is 0 Å². The topological polar surface area (TPSA) is 156 Å². The minimum atomic E-state index is -0.480. The van der Waals surface area contributed by atoms with Crippen molar-refractivity contribution in [1.29, 1.82) is 0 Å². The van der Waals surface area contributed by atoms with Gasteiger partial charge in [0.2, 0.25) is 11.6 Å². The van der Waals surface area contributed by atoms with Crippen LogP contribution in [-0.2, 0) is 6.54 Å². The molecule has 4 N–H and O–H groups in total. The third-order valence-electron chi connectivity index (χ3n) is 5.96. The molecule has 1 saturated heterocycles. The van der Waals surface area contributed by atoms with E-state index in [2.05, 4.69) is 48.0 Å². The van der Waals surface area contributed by atoms with Crippen LogP contribution in [-0.4, -0.2) is 59.9 Å². The number of fused-ring (bicyclic) bond motifs is 1. The number of anilines is 1. The average Bonchev–Trinajstić information content (AvgIpc) is 3.54. The third-order valence-corrected chi connectivity index (χ3v) is 5.96. The number of aromatic nitrogens is 6. The molecule has 0 bridgehead atoms. The molecule has 1 aliphatic heterocycles. The van der Waals surface area contributed by atoms with Crippen molar-refractivity contribution in [2.45, 2.75) is 38.8 Å². The summed E-state index contributed by atoms with van der Waals surface area (Å²) >= 11 is 0. The highest BCUT2D eigenvalue weighted by molar-refractivity contribution is 6.00. The van der Waals surface area contributed by atoms with Crippen molar-refractivity contribution in [2.75, 3.05) is 12.3 Å². The van der Waals surface area contributed by atoms with Gasteiger partial charge in [-0.1, -0.05) is 29.8 Å². The van der Waals surface area contributed by atoms with Crippen molar-refractivity contribution < 1.29 is 9.42 Å². The first-order valence-electron chi connectivity index (χ1n) is 10.8. The van der Waals surface area contributed by atoms with Crippen molar-refractivity contribution in [3.05, 3.63) is 47.4 Å². The van der Waals surface area contributed by atoms with Crippen molar-refractivity contribution in [3.63, 3.8) is 0 Å². The lowest BCUT2D eigenvalue weighted by Crippen LogP contribution is -2.38. The number of aromatic amines is 1. The van der Waals surface area contributed by atoms with Crippen LogP contribution in [0.25, 0.3) is 16.7 Å². The predicted octanol–water partition coefficient (Wildman–Crippen LogP) is 1.85. The number of hydrogen-bond donors (Lipinski definition) is 3. The molecule has 33 heavy (non-hydrogen) atoms. The second kappa shape index (κ2) is 8.82. The van der Waals surface area contributed by atoms with E-state index < -0.39 is 5.91 Å². The molecule has 12 heteroatoms. The molecule has 1 aromatic carbocycles. The molecule has 4 aromatic rings. The number of carbonyl (C=O) groups is 1. The molecule has 170 valence electrons. The first-order chi connectivity index (χ1) is 16.1. The van der Waals surface area contributed by atoms with Crippen molar-refractivity contribution >= 4 is 28.8 Å². The summed E-state index contributed by atoms with van der Waals surface area (Å²) in [7, 11) is 0. The summed E-state index contributed by atoms with van der Waals surface area (Å²) in [5.41, 5.74) is 11.0. The van der Waals surface area contributed by atoms with Crippen LogP contribution in [0.4, 0.5) is 5.82 Å². The number of nitrogens with two attached hydrogens (primary N) is 1. The highest BCUT2D eigenvalue weighted by Crippen LogP contribution is 2.23. The molecule has 0 radical (unpaired) electrons. The van der Waals surface area contributed by atoms with E-state index >= 15 is 0 Å². The largest absolute Gasteiger partial charge is 0.378 e. The van der Waals surface area contributed by atoms with Crippen molar-refractivity contribution in [1.82, 2.24) is 40.6 Å². The molecule has 1 amide bonds. The van der Waals surface area contributed by atoms with Gasteiger partial charge in [-0.25, -0.2) is 10.1 Å². The van der Waals surface area contributed by atoms with Crippen LogP contribution < -0.4 is 11.2 Å². The highest BCUT2D eigenvalue weighted by Gasteiger charge is 2.28. The number of amides is 1. The zero-order valence-electron chi connectivity index (χ0n) is 18.1. The Morgan fingerprint density at radius 3 is 3.06 bits per heavy atom. The number of nitrogen functional groups attached to an aromatic ring is 1. The van der Waals surface area contributed by atoms with Crippen LogP contribution in [0.2, 0.25) is 0 Å². The Balaban J connectivity index is 1.41. The fraction of sp³-hybridized carbons (Fsp3) is 0.333. The van der Waals surface area contributed by atoms with Gasteiger partial charge in [0.1, 0.15) is 0 Å². The zero-order valence-corrected chi connectivity index (χ0v) is 18.1. The minimum Gasteiger partial charge on any atom is -0.378 e. The Morgan fingerprint density at radius 1 is 1.36 bits per heavy atom. The minimum absolute atomic E-state index is 0.0668. The number of nitrogens with zero attached hydrogens (tertiary/aromatic N) is 7. The molecule has 12 nitrogen and oxygen atoms in total. The van der Waals surface area contributed by atoms with Gasteiger partial charge < -0.3 is 10.7 Å². The van der Waals surface area contributed by atoms with Crippen LogP contribution in [0.3, 0.4) is 0 Å². The van der Waals surface area contributed by atoms with Gasteiger partial charge in [0, 0.05) is 35.2 Å². The number of hydrogen-bond acceptors (Lipinski definition) is 9. The Labute approximate surface area is 188 Å². The molecule has 1 unspecified atom stereocenters. The summed E-state index contributed by atoms with van der Waals surface area (Å²) in [5.74, 6) is -0.215. The quantitative estimate of drug-likeness (QED) is 0.298. The molecule has 1 fully saturated rings. The maximum Gasteiger partial charge on any atom is 0.293 e. The normalized spacial score (nSPS) is 17.2. The number of H-pyrrole nitrogens is 1. The zero-order chi connectivity index (χ0) is 22.8. The van der Waals surface area contributed by atoms with Gasteiger partial charge in [-0.15, -0.1) is 5.10 Å². The second-order valence-corrected chi connectivity index (χ2v) is 8.07. The SMILES string of the molecule is CC1CCCCN1Cc1c(C(=O)N/N=C\c2c[nH]c3ccccc23)nnn1-c1nonc1N. The number of nitrogens with one attached hydrogen (secondary N) is 2. The summed E-state index contributed by atoms with van der Waals surface area (Å²) in [6.45, 7) is 3.54. The lowest BCUT2D eigenvalue weighted by molar-refractivity contribution is 0.0945. The molecule has 3 aromatic heterocycles. The third kappa shape index (κ3) is 4.07. The van der Waals surface area contributed by atoms with Crippen LogP contribution >= 0.6 is 0 Å². The number of para-hydroxylation sites is 1. The van der Waals surface area contributed by atoms with Crippen molar-refractivity contribution in [3.8, 4) is 5.82 Å². The molecule has 0 saturated carbocycles. The van der Waals surface area contributed by atoms with E-state index in [1.807, 2.05) is 30.5 Å². The molecular formula is C21H24N10O2. The molecule has 5 rings (SSSR count). The van der Waals surface area contributed by atoms with Crippen LogP contribution in [0.15, 0.2) is 40.2 Å². The van der Waals surface area contributed by atoms with E-state index in [4.69, 9.17) is 10.4 Å². The molecule has 0 spiro atoms. The standard InChI is InChI=1S/C21H24N10O2/c1-13-6-4-5-9-30(13)12-17-18(25-29-31(17)20-19(22)27-33-28-20)21(32)26-24-11-14-10-23-16-8-3-2-7-15(14)16/h2-3,7-8,10-11,13,23H,4-6,9,12H2,1H3,(H2,22,27)(H,26,32)/b24-11-. The lowest BCUT2D eigenvalue weighted by Gasteiger charge is -2.33. The van der Waals surface area contributed by atoms with Crippen molar-refractivity contribution in [2.24, 2.45) is 5.10 Å². The Morgan fingerprint density at radius 2 is 2.24 bits per heavy atom. The van der Waals surface area contributed by atoms with E-state index in [0.717, 1.165) is 35.9 Å². The van der Waals surface area contributed by atoms with Gasteiger partial charge >= 0.3 is 0 Å². The number of likely N-dealkylation sites (tertiary alicyclic amines) is 1. The van der Waals surface area contributed by atoms with E-state index in [1.165, 1.54) is 11.1 Å². The number of rotatable bonds is 6. The van der Waals surface area contributed by atoms with Gasteiger partial charge in [0.05, 0.1) is 11.9 Å². The van der Waals surface area contributed by atoms with E-state index in [9.17, 15) is 4.79 Å². The van der Waals surface area contributed by atoms with Gasteiger partial charge in [-0.3, -0.25) is 9.69 Å². The smallest absolute Gasteiger partial charge is 0.293 e. The number of benzene rings is 1. The van der Waals surface area contributed by atoms with Crippen LogP contribution in [0.1, 0.15) is 47.9 Å². The summed E-state index contributed by atoms with van der Waals surface area (Å²) < 4.78 is 6.13. The molecule has 0 aliphatic carbocycles. The Kier molecular flexibility index (Phi) is 5.57. The first-order valence-corrected chi connectivity index (χ1v) is 10.8. The fourth-order valence-corrected chi connectivity index (χ4v) is 4.13. The number of piperidine rings is 1. The average molecular weight is 448 g/mol. The first kappa shape index (κ1) is 20.8. The van der Waals surface area contributed by atoms with Crippen LogP contribution in [0.5, 0.6) is 0 Å². The number of carbonyl (C=O) groups excluding carboxylic acids is 1. The summed E-state index contributed by atoms with van der Waals surface area (Å²) in [6, 6.07) is 8.22. The highest BCUT2D eigenvalue weighted by atomic mass is 16.6. The maximum absolute atomic E-state index is 13.0. The molecule has 1 atom stereocenters. The summed E-state index contributed by atoms with van der Waals surface area (Å²) in [5, 5.41) is 20.8. The molecule has 4 heterocycles. The molecular weight excluding hydrogens is 424 g/mol. The predicted molar refractivity (Wildman–Crippen MR) is 121 cm³/mol. The van der Waals surface area contributed by atoms with Gasteiger partial charge in [-0.05, 0) is 42.7 Å². The maximum atomic E-state index is 13.0. The van der Waals surface area contributed by atoms with Gasteiger partial charge in [0.15, 0.2) is 5.69 Å². The van der Waals surface area contributed by atoms with Gasteiger partial charge in [-0.2, -0.15) is 9.78 Å². The molecule has 1 aliphatic rings. The number of hydrazone groups is 1. The Bertz CT molecular complexity index is 1300. The lowest BCUT2D eigenvalue weighted by atomic mass is 10.0. The Hall–Kier alpha value is -4.06. The fourth-order valence-electron chi connectivity index (χ4n) is 4.13.